The number of halogens is 2. The lowest BCUT2D eigenvalue weighted by Crippen LogP contribution is -2.18. The van der Waals surface area contributed by atoms with E-state index in [4.69, 9.17) is 27.9 Å². The molecule has 1 heterocycles. The van der Waals surface area contributed by atoms with Crippen LogP contribution in [0.1, 0.15) is 10.4 Å². The molecule has 0 aliphatic carbocycles. The highest BCUT2D eigenvalue weighted by molar-refractivity contribution is 6.36. The van der Waals surface area contributed by atoms with Gasteiger partial charge in [0, 0.05) is 23.5 Å². The predicted octanol–water partition coefficient (Wildman–Crippen LogP) is 4.06. The zero-order chi connectivity index (χ0) is 16.6. The molecule has 23 heavy (non-hydrogen) atoms. The third-order valence-corrected chi connectivity index (χ3v) is 4.02. The molecule has 3 rings (SSSR count). The summed E-state index contributed by atoms with van der Waals surface area (Å²) in [6, 6.07) is 12.9. The first-order valence-electron chi connectivity index (χ1n) is 6.73. The topological polar surface area (TPSA) is 48.3 Å². The van der Waals surface area contributed by atoms with Crippen LogP contribution in [0.3, 0.4) is 0 Å². The van der Waals surface area contributed by atoms with Crippen LogP contribution in [0.15, 0.2) is 53.3 Å². The lowest BCUT2D eigenvalue weighted by molar-refractivity contribution is 0.0737. The number of hydrogen-bond acceptors (Lipinski definition) is 3. The molecule has 0 saturated carbocycles. The molecule has 0 aliphatic heterocycles. The lowest BCUT2D eigenvalue weighted by atomic mass is 10.2. The first-order chi connectivity index (χ1) is 11.0. The Morgan fingerprint density at radius 3 is 2.57 bits per heavy atom. The van der Waals surface area contributed by atoms with Crippen LogP contribution < -0.4 is 10.3 Å². The van der Waals surface area contributed by atoms with E-state index in [9.17, 15) is 9.59 Å². The second kappa shape index (κ2) is 6.07. The molecule has 3 aromatic rings. The van der Waals surface area contributed by atoms with Crippen LogP contribution in [0.5, 0.6) is 5.75 Å². The molecule has 0 N–H and O–H groups in total. The Hall–Kier alpha value is -2.30. The zero-order valence-corrected chi connectivity index (χ0v) is 13.6. The van der Waals surface area contributed by atoms with Crippen LogP contribution >= 0.6 is 23.2 Å². The quantitative estimate of drug-likeness (QED) is 0.656. The van der Waals surface area contributed by atoms with E-state index in [0.29, 0.717) is 15.9 Å². The molecule has 0 unspecified atom stereocenters. The molecule has 0 aliphatic rings. The van der Waals surface area contributed by atoms with Gasteiger partial charge < -0.3 is 9.30 Å². The van der Waals surface area contributed by atoms with Crippen molar-refractivity contribution in [2.75, 3.05) is 0 Å². The van der Waals surface area contributed by atoms with Crippen molar-refractivity contribution < 1.29 is 9.53 Å². The Balaban J connectivity index is 2.06. The average Bonchev–Trinajstić information content (AvgIpc) is 2.52. The number of benzene rings is 2. The van der Waals surface area contributed by atoms with Crippen molar-refractivity contribution in [1.29, 1.82) is 0 Å². The molecule has 0 bridgehead atoms. The summed E-state index contributed by atoms with van der Waals surface area (Å²) in [5.41, 5.74) is 0.583. The fourth-order valence-corrected chi connectivity index (χ4v) is 2.76. The SMILES string of the molecule is Cn1c(=O)cc(OC(=O)c2ccc(Cl)cc2Cl)c2ccccc21. The predicted molar refractivity (Wildman–Crippen MR) is 90.6 cm³/mol. The number of rotatable bonds is 2. The van der Waals surface area contributed by atoms with E-state index in [1.807, 2.05) is 6.07 Å². The van der Waals surface area contributed by atoms with Gasteiger partial charge in [-0.1, -0.05) is 35.3 Å². The van der Waals surface area contributed by atoms with Gasteiger partial charge in [0.15, 0.2) is 0 Å². The van der Waals surface area contributed by atoms with Gasteiger partial charge in [-0.3, -0.25) is 4.79 Å². The van der Waals surface area contributed by atoms with Crippen molar-refractivity contribution in [1.82, 2.24) is 4.57 Å². The molecule has 0 fully saturated rings. The van der Waals surface area contributed by atoms with E-state index in [1.54, 1.807) is 31.3 Å². The molecule has 0 amide bonds. The summed E-state index contributed by atoms with van der Waals surface area (Å²) in [6.07, 6.45) is 0. The number of para-hydroxylation sites is 1. The van der Waals surface area contributed by atoms with Crippen LogP contribution in [0.4, 0.5) is 0 Å². The van der Waals surface area contributed by atoms with Crippen LogP contribution in [0, 0.1) is 0 Å². The summed E-state index contributed by atoms with van der Waals surface area (Å²) in [4.78, 5) is 24.3. The Labute approximate surface area is 141 Å². The first kappa shape index (κ1) is 15.6. The number of nitrogens with zero attached hydrogens (tertiary/aromatic N) is 1. The smallest absolute Gasteiger partial charge is 0.345 e. The van der Waals surface area contributed by atoms with Crippen molar-refractivity contribution in [3.05, 3.63) is 74.5 Å². The first-order valence-corrected chi connectivity index (χ1v) is 7.49. The van der Waals surface area contributed by atoms with Gasteiger partial charge in [-0.05, 0) is 30.3 Å². The van der Waals surface area contributed by atoms with Crippen molar-refractivity contribution in [2.45, 2.75) is 0 Å². The fraction of sp³-hybridized carbons (Fsp3) is 0.0588. The van der Waals surface area contributed by atoms with E-state index in [1.165, 1.54) is 22.8 Å². The summed E-state index contributed by atoms with van der Waals surface area (Å²) in [5.74, 6) is -0.454. The Morgan fingerprint density at radius 1 is 1.09 bits per heavy atom. The van der Waals surface area contributed by atoms with E-state index in [-0.39, 0.29) is 21.9 Å². The highest BCUT2D eigenvalue weighted by Gasteiger charge is 2.16. The van der Waals surface area contributed by atoms with Gasteiger partial charge in [0.1, 0.15) is 5.75 Å². The maximum absolute atomic E-state index is 12.3. The van der Waals surface area contributed by atoms with Crippen LogP contribution in [-0.2, 0) is 7.05 Å². The third-order valence-electron chi connectivity index (χ3n) is 3.47. The van der Waals surface area contributed by atoms with E-state index in [2.05, 4.69) is 0 Å². The Morgan fingerprint density at radius 2 is 1.83 bits per heavy atom. The van der Waals surface area contributed by atoms with Gasteiger partial charge in [-0.25, -0.2) is 4.79 Å². The van der Waals surface area contributed by atoms with Gasteiger partial charge in [0.05, 0.1) is 16.1 Å². The summed E-state index contributed by atoms with van der Waals surface area (Å²) in [6.45, 7) is 0. The number of hydrogen-bond donors (Lipinski definition) is 0. The Bertz CT molecular complexity index is 979. The minimum atomic E-state index is -0.648. The number of carbonyl (C=O) groups excluding carboxylic acids is 1. The summed E-state index contributed by atoms with van der Waals surface area (Å²) in [5, 5.41) is 1.27. The maximum Gasteiger partial charge on any atom is 0.345 e. The molecule has 0 atom stereocenters. The number of fused-ring (bicyclic) bond motifs is 1. The van der Waals surface area contributed by atoms with Gasteiger partial charge in [0.2, 0.25) is 0 Å². The number of carbonyl (C=O) groups is 1. The van der Waals surface area contributed by atoms with Crippen molar-refractivity contribution in [2.24, 2.45) is 7.05 Å². The normalized spacial score (nSPS) is 10.7. The summed E-state index contributed by atoms with van der Waals surface area (Å²) >= 11 is 11.8. The highest BCUT2D eigenvalue weighted by Crippen LogP contribution is 2.26. The maximum atomic E-state index is 12.3. The van der Waals surface area contributed by atoms with Crippen LogP contribution in [0.2, 0.25) is 10.0 Å². The van der Waals surface area contributed by atoms with Crippen LogP contribution in [-0.4, -0.2) is 10.5 Å². The van der Waals surface area contributed by atoms with Crippen molar-refractivity contribution in [3.63, 3.8) is 0 Å². The molecule has 0 saturated heterocycles. The minimum absolute atomic E-state index is 0.181. The van der Waals surface area contributed by atoms with Gasteiger partial charge in [-0.2, -0.15) is 0 Å². The molecule has 116 valence electrons. The van der Waals surface area contributed by atoms with E-state index >= 15 is 0 Å². The second-order valence-electron chi connectivity index (χ2n) is 4.94. The van der Waals surface area contributed by atoms with E-state index < -0.39 is 5.97 Å². The number of pyridine rings is 1. The Kier molecular flexibility index (Phi) is 4.11. The lowest BCUT2D eigenvalue weighted by Gasteiger charge is -2.11. The summed E-state index contributed by atoms with van der Waals surface area (Å²) in [7, 11) is 1.66. The number of ether oxygens (including phenoxy) is 1. The van der Waals surface area contributed by atoms with Crippen molar-refractivity contribution >= 4 is 40.1 Å². The van der Waals surface area contributed by atoms with Crippen molar-refractivity contribution in [3.8, 4) is 5.75 Å². The molecule has 6 heteroatoms. The number of aryl methyl sites for hydroxylation is 1. The molecule has 1 aromatic heterocycles. The largest absolute Gasteiger partial charge is 0.422 e. The molecule has 0 spiro atoms. The minimum Gasteiger partial charge on any atom is -0.422 e. The van der Waals surface area contributed by atoms with Gasteiger partial charge in [0.25, 0.3) is 5.56 Å². The molecule has 2 aromatic carbocycles. The fourth-order valence-electron chi connectivity index (χ4n) is 2.27. The molecular weight excluding hydrogens is 337 g/mol. The second-order valence-corrected chi connectivity index (χ2v) is 5.78. The molecular formula is C17H11Cl2NO3. The molecule has 0 radical (unpaired) electrons. The average molecular weight is 348 g/mol. The van der Waals surface area contributed by atoms with Crippen LogP contribution in [0.25, 0.3) is 10.9 Å². The highest BCUT2D eigenvalue weighted by atomic mass is 35.5. The zero-order valence-electron chi connectivity index (χ0n) is 12.0. The number of esters is 1. The van der Waals surface area contributed by atoms with Gasteiger partial charge in [-0.15, -0.1) is 0 Å². The molecule has 4 nitrogen and oxygen atoms in total. The van der Waals surface area contributed by atoms with E-state index in [0.717, 1.165) is 0 Å². The third kappa shape index (κ3) is 2.96. The standard InChI is InChI=1S/C17H11Cl2NO3/c1-20-14-5-3-2-4-12(14)15(9-16(20)21)23-17(22)11-7-6-10(18)8-13(11)19/h2-9H,1H3. The summed E-state index contributed by atoms with van der Waals surface area (Å²) < 4.78 is 6.88. The van der Waals surface area contributed by atoms with Gasteiger partial charge >= 0.3 is 5.97 Å². The monoisotopic (exact) mass is 347 g/mol. The number of aromatic nitrogens is 1.